The molecular weight excluding hydrogens is 454 g/mol. The Morgan fingerprint density at radius 3 is 2.67 bits per heavy atom. The maximum atomic E-state index is 13.1. The van der Waals surface area contributed by atoms with Crippen LogP contribution in [0.15, 0.2) is 36.5 Å². The fourth-order valence-electron chi connectivity index (χ4n) is 3.42. The minimum atomic E-state index is -3.50. The lowest BCUT2D eigenvalue weighted by Gasteiger charge is -2.27. The highest BCUT2D eigenvalue weighted by Crippen LogP contribution is 2.26. The van der Waals surface area contributed by atoms with E-state index in [4.69, 9.17) is 0 Å². The normalized spacial score (nSPS) is 18.5. The van der Waals surface area contributed by atoms with Crippen LogP contribution in [-0.4, -0.2) is 50.4 Å². The first-order valence-electron chi connectivity index (χ1n) is 10.6. The Bertz CT molecular complexity index is 1080. The number of nitrogens with zero attached hydrogens (tertiary/aromatic N) is 1. The van der Waals surface area contributed by atoms with Crippen molar-refractivity contribution < 1.29 is 26.7 Å². The molecule has 0 radical (unpaired) electrons. The molecule has 3 N–H and O–H groups in total. The topological polar surface area (TPSA) is 109 Å². The number of amides is 1. The van der Waals surface area contributed by atoms with Gasteiger partial charge < -0.3 is 20.7 Å². The van der Waals surface area contributed by atoms with E-state index in [1.807, 2.05) is 6.07 Å². The van der Waals surface area contributed by atoms with Crippen molar-refractivity contribution in [3.05, 3.63) is 53.3 Å². The Hall–Kier alpha value is -2.63. The van der Waals surface area contributed by atoms with Crippen molar-refractivity contribution in [2.24, 2.45) is 0 Å². The van der Waals surface area contributed by atoms with Gasteiger partial charge in [-0.3, -0.25) is 4.79 Å². The van der Waals surface area contributed by atoms with E-state index in [0.717, 1.165) is 24.7 Å². The highest BCUT2D eigenvalue weighted by molar-refractivity contribution is 7.92. The molecule has 0 saturated carbocycles. The highest BCUT2D eigenvalue weighted by Gasteiger charge is 2.34. The summed E-state index contributed by atoms with van der Waals surface area (Å²) in [5.74, 6) is -0.854. The molecule has 1 amide bonds. The molecule has 8 nitrogen and oxygen atoms in total. The van der Waals surface area contributed by atoms with E-state index < -0.39 is 27.1 Å². The van der Waals surface area contributed by atoms with Gasteiger partial charge in [0.15, 0.2) is 9.84 Å². The van der Waals surface area contributed by atoms with Crippen LogP contribution in [0.5, 0.6) is 5.75 Å². The minimum absolute atomic E-state index is 0.00953. The first-order chi connectivity index (χ1) is 15.6. The van der Waals surface area contributed by atoms with Gasteiger partial charge in [-0.1, -0.05) is 6.07 Å². The standard InChI is InChI=1S/C22H28F2N4O4S/c1-22(2)13-26-14-25-9-3-4-15-5-6-17(10-16(15)12-33(22,30)31)28-20(29)19-8-7-18(11-27-19)32-21(23)24/h5-8,10-11,21,25-26H,3-4,9,12-14H2,1-2H3,(H,28,29). The molecule has 0 aliphatic carbocycles. The smallest absolute Gasteiger partial charge is 0.387 e. The van der Waals surface area contributed by atoms with Gasteiger partial charge in [-0.2, -0.15) is 8.78 Å². The predicted octanol–water partition coefficient (Wildman–Crippen LogP) is 2.71. The van der Waals surface area contributed by atoms with Crippen LogP contribution in [0.3, 0.4) is 0 Å². The highest BCUT2D eigenvalue weighted by atomic mass is 32.2. The number of hydrogen-bond donors (Lipinski definition) is 3. The maximum Gasteiger partial charge on any atom is 0.387 e. The summed E-state index contributed by atoms with van der Waals surface area (Å²) < 4.78 is 54.1. The number of halogens is 2. The number of alkyl halides is 2. The Kier molecular flexibility index (Phi) is 7.98. The fourth-order valence-corrected chi connectivity index (χ4v) is 4.81. The van der Waals surface area contributed by atoms with Crippen LogP contribution < -0.4 is 20.7 Å². The van der Waals surface area contributed by atoms with Crippen molar-refractivity contribution >= 4 is 21.4 Å². The van der Waals surface area contributed by atoms with Crippen molar-refractivity contribution in [3.63, 3.8) is 0 Å². The van der Waals surface area contributed by atoms with Gasteiger partial charge in [-0.05, 0) is 68.6 Å². The average Bonchev–Trinajstić information content (AvgIpc) is 2.73. The van der Waals surface area contributed by atoms with Gasteiger partial charge in [0.25, 0.3) is 5.91 Å². The molecule has 33 heavy (non-hydrogen) atoms. The van der Waals surface area contributed by atoms with Crippen LogP contribution in [0.1, 0.15) is 41.9 Å². The lowest BCUT2D eigenvalue weighted by Crippen LogP contribution is -2.45. The molecule has 2 aromatic rings. The number of fused-ring (bicyclic) bond motifs is 1. The summed E-state index contributed by atoms with van der Waals surface area (Å²) in [6.07, 6.45) is 2.57. The monoisotopic (exact) mass is 482 g/mol. The summed E-state index contributed by atoms with van der Waals surface area (Å²) in [6, 6.07) is 7.70. The fraction of sp³-hybridized carbons (Fsp3) is 0.455. The van der Waals surface area contributed by atoms with E-state index in [2.05, 4.69) is 25.7 Å². The number of anilines is 1. The van der Waals surface area contributed by atoms with Gasteiger partial charge in [-0.25, -0.2) is 13.4 Å². The molecule has 0 bridgehead atoms. The molecule has 11 heteroatoms. The number of aryl methyl sites for hydroxylation is 1. The summed E-state index contributed by atoms with van der Waals surface area (Å²) in [5.41, 5.74) is 1.98. The van der Waals surface area contributed by atoms with Crippen LogP contribution >= 0.6 is 0 Å². The number of ether oxygens (including phenoxy) is 1. The third-order valence-corrected chi connectivity index (χ3v) is 7.97. The van der Waals surface area contributed by atoms with Crippen LogP contribution in [0.2, 0.25) is 0 Å². The zero-order chi connectivity index (χ0) is 24.1. The quantitative estimate of drug-likeness (QED) is 0.615. The zero-order valence-corrected chi connectivity index (χ0v) is 19.3. The van der Waals surface area contributed by atoms with Gasteiger partial charge in [0, 0.05) is 18.9 Å². The zero-order valence-electron chi connectivity index (χ0n) is 18.5. The molecule has 180 valence electrons. The van der Waals surface area contributed by atoms with Crippen molar-refractivity contribution in [2.75, 3.05) is 25.1 Å². The van der Waals surface area contributed by atoms with Gasteiger partial charge in [0.05, 0.1) is 16.7 Å². The van der Waals surface area contributed by atoms with Gasteiger partial charge in [0.2, 0.25) is 0 Å². The molecule has 1 aromatic heterocycles. The van der Waals surface area contributed by atoms with Crippen molar-refractivity contribution in [3.8, 4) is 5.75 Å². The Morgan fingerprint density at radius 1 is 1.18 bits per heavy atom. The Morgan fingerprint density at radius 2 is 1.97 bits per heavy atom. The molecule has 1 aliphatic rings. The van der Waals surface area contributed by atoms with Crippen molar-refractivity contribution in [2.45, 2.75) is 43.8 Å². The lowest BCUT2D eigenvalue weighted by molar-refractivity contribution is -0.0500. The number of sulfone groups is 1. The van der Waals surface area contributed by atoms with Crippen molar-refractivity contribution in [1.29, 1.82) is 0 Å². The number of carbonyl (C=O) groups excluding carboxylic acids is 1. The van der Waals surface area contributed by atoms with Crippen molar-refractivity contribution in [1.82, 2.24) is 15.6 Å². The summed E-state index contributed by atoms with van der Waals surface area (Å²) in [5, 5.41) is 9.08. The Labute approximate surface area is 192 Å². The largest absolute Gasteiger partial charge is 0.433 e. The molecule has 1 aliphatic heterocycles. The number of carbonyl (C=O) groups is 1. The molecule has 0 fully saturated rings. The first-order valence-corrected chi connectivity index (χ1v) is 12.2. The van der Waals surface area contributed by atoms with Crippen LogP contribution in [0, 0.1) is 0 Å². The third kappa shape index (κ3) is 6.68. The predicted molar refractivity (Wildman–Crippen MR) is 121 cm³/mol. The second-order valence-electron chi connectivity index (χ2n) is 8.42. The molecular formula is C22H28F2N4O4S. The van der Waals surface area contributed by atoms with E-state index in [-0.39, 0.29) is 17.2 Å². The molecule has 2 heterocycles. The van der Waals surface area contributed by atoms with E-state index in [9.17, 15) is 22.0 Å². The summed E-state index contributed by atoms with van der Waals surface area (Å²) >= 11 is 0. The van der Waals surface area contributed by atoms with E-state index in [1.54, 1.807) is 26.0 Å². The van der Waals surface area contributed by atoms with Crippen LogP contribution in [-0.2, 0) is 22.0 Å². The first kappa shape index (κ1) is 25.0. The van der Waals surface area contributed by atoms with Gasteiger partial charge in [0.1, 0.15) is 11.4 Å². The number of aromatic nitrogens is 1. The number of nitrogens with one attached hydrogen (secondary N) is 3. The van der Waals surface area contributed by atoms with E-state index in [1.165, 1.54) is 12.1 Å². The van der Waals surface area contributed by atoms with E-state index >= 15 is 0 Å². The molecule has 0 unspecified atom stereocenters. The summed E-state index contributed by atoms with van der Waals surface area (Å²) in [6.45, 7) is 2.05. The van der Waals surface area contributed by atoms with Gasteiger partial charge in [-0.15, -0.1) is 0 Å². The minimum Gasteiger partial charge on any atom is -0.433 e. The lowest BCUT2D eigenvalue weighted by atomic mass is 10.0. The van der Waals surface area contributed by atoms with Gasteiger partial charge >= 0.3 is 6.61 Å². The number of hydrogen-bond acceptors (Lipinski definition) is 7. The molecule has 0 saturated heterocycles. The third-order valence-electron chi connectivity index (χ3n) is 5.45. The summed E-state index contributed by atoms with van der Waals surface area (Å²) in [4.78, 5) is 16.4. The molecule has 0 spiro atoms. The molecule has 3 rings (SSSR count). The molecule has 0 atom stereocenters. The second-order valence-corrected chi connectivity index (χ2v) is 11.0. The van der Waals surface area contributed by atoms with Crippen LogP contribution in [0.4, 0.5) is 14.5 Å². The SMILES string of the molecule is CC1(C)CNCNCCCc2ccc(NC(=O)c3ccc(OC(F)F)cn3)cc2CS1(=O)=O. The number of pyridine rings is 1. The summed E-state index contributed by atoms with van der Waals surface area (Å²) in [7, 11) is -3.50. The number of rotatable bonds is 4. The van der Waals surface area contributed by atoms with E-state index in [0.29, 0.717) is 30.9 Å². The Balaban J connectivity index is 1.82. The number of benzene rings is 1. The van der Waals surface area contributed by atoms with Crippen LogP contribution in [0.25, 0.3) is 0 Å². The molecule has 1 aromatic carbocycles. The second kappa shape index (κ2) is 10.5. The maximum absolute atomic E-state index is 13.1. The average molecular weight is 483 g/mol.